The molecule has 0 unspecified atom stereocenters. The molecule has 0 heterocycles. The first kappa shape index (κ1) is 13.0. The summed E-state index contributed by atoms with van der Waals surface area (Å²) in [6.07, 6.45) is 2.17. The third kappa shape index (κ3) is 3.86. The lowest BCUT2D eigenvalue weighted by atomic mass is 9.98. The molecule has 2 nitrogen and oxygen atoms in total. The lowest BCUT2D eigenvalue weighted by molar-refractivity contribution is 0.332. The summed E-state index contributed by atoms with van der Waals surface area (Å²) in [7, 11) is 0. The van der Waals surface area contributed by atoms with Gasteiger partial charge in [0.2, 0.25) is 0 Å². The molecule has 0 aliphatic carbocycles. The molecule has 0 radical (unpaired) electrons. The van der Waals surface area contributed by atoms with Crippen molar-refractivity contribution >= 4 is 0 Å². The fourth-order valence-corrected chi connectivity index (χ4v) is 1.74. The summed E-state index contributed by atoms with van der Waals surface area (Å²) in [5.41, 5.74) is 7.32. The minimum absolute atomic E-state index is 0.0881. The predicted molar refractivity (Wildman–Crippen MR) is 68.6 cm³/mol. The van der Waals surface area contributed by atoms with Gasteiger partial charge < -0.3 is 10.5 Å². The van der Waals surface area contributed by atoms with Crippen LogP contribution < -0.4 is 10.5 Å². The summed E-state index contributed by atoms with van der Waals surface area (Å²) < 4.78 is 5.58. The molecule has 0 saturated heterocycles. The fourth-order valence-electron chi connectivity index (χ4n) is 1.74. The highest BCUT2D eigenvalue weighted by molar-refractivity contribution is 5.35. The Morgan fingerprint density at radius 3 is 2.50 bits per heavy atom. The number of benzene rings is 1. The van der Waals surface area contributed by atoms with Crippen molar-refractivity contribution in [2.45, 2.75) is 39.7 Å². The van der Waals surface area contributed by atoms with Crippen molar-refractivity contribution in [3.8, 4) is 5.75 Å². The van der Waals surface area contributed by atoms with Crippen molar-refractivity contribution in [1.29, 1.82) is 0 Å². The maximum absolute atomic E-state index is 6.19. The zero-order valence-electron chi connectivity index (χ0n) is 10.6. The molecule has 2 heteroatoms. The van der Waals surface area contributed by atoms with Crippen molar-refractivity contribution in [2.24, 2.45) is 11.7 Å². The van der Waals surface area contributed by atoms with Crippen LogP contribution in [0.2, 0.25) is 0 Å². The van der Waals surface area contributed by atoms with Crippen LogP contribution in [-0.2, 0) is 0 Å². The average molecular weight is 221 g/mol. The molecule has 0 aliphatic heterocycles. The lowest BCUT2D eigenvalue weighted by Gasteiger charge is -2.17. The second-order valence-corrected chi connectivity index (χ2v) is 4.55. The van der Waals surface area contributed by atoms with Crippen LogP contribution >= 0.6 is 0 Å². The predicted octanol–water partition coefficient (Wildman–Crippen LogP) is 3.52. The van der Waals surface area contributed by atoms with Gasteiger partial charge in [-0.05, 0) is 31.7 Å². The molecule has 0 amide bonds. The Morgan fingerprint density at radius 2 is 1.88 bits per heavy atom. The van der Waals surface area contributed by atoms with E-state index in [1.807, 2.05) is 25.1 Å². The summed E-state index contributed by atoms with van der Waals surface area (Å²) >= 11 is 0. The number of rotatable bonds is 6. The molecule has 1 aromatic rings. The van der Waals surface area contributed by atoms with E-state index in [4.69, 9.17) is 10.5 Å². The molecule has 1 aromatic carbocycles. The smallest absolute Gasteiger partial charge is 0.124 e. The molecule has 90 valence electrons. The van der Waals surface area contributed by atoms with Gasteiger partial charge in [0, 0.05) is 11.6 Å². The second kappa shape index (κ2) is 6.54. The van der Waals surface area contributed by atoms with E-state index in [1.165, 1.54) is 0 Å². The van der Waals surface area contributed by atoms with Gasteiger partial charge in [-0.3, -0.25) is 0 Å². The molecular formula is C14H23NO. The minimum Gasteiger partial charge on any atom is -0.494 e. The highest BCUT2D eigenvalue weighted by atomic mass is 16.5. The number of para-hydroxylation sites is 1. The van der Waals surface area contributed by atoms with E-state index < -0.39 is 0 Å². The van der Waals surface area contributed by atoms with Crippen molar-refractivity contribution in [3.05, 3.63) is 29.8 Å². The van der Waals surface area contributed by atoms with Crippen molar-refractivity contribution in [1.82, 2.24) is 0 Å². The maximum atomic E-state index is 6.19. The molecular weight excluding hydrogens is 198 g/mol. The van der Waals surface area contributed by atoms with Gasteiger partial charge in [0.05, 0.1) is 6.61 Å². The fraction of sp³-hybridized carbons (Fsp3) is 0.571. The van der Waals surface area contributed by atoms with Gasteiger partial charge >= 0.3 is 0 Å². The van der Waals surface area contributed by atoms with E-state index in [-0.39, 0.29) is 6.04 Å². The zero-order chi connectivity index (χ0) is 12.0. The second-order valence-electron chi connectivity index (χ2n) is 4.55. The number of hydrogen-bond acceptors (Lipinski definition) is 2. The van der Waals surface area contributed by atoms with Crippen LogP contribution in [0.25, 0.3) is 0 Å². The van der Waals surface area contributed by atoms with Gasteiger partial charge in [-0.15, -0.1) is 0 Å². The normalized spacial score (nSPS) is 12.8. The van der Waals surface area contributed by atoms with Crippen LogP contribution in [0.4, 0.5) is 0 Å². The molecule has 0 bridgehead atoms. The highest BCUT2D eigenvalue weighted by Crippen LogP contribution is 2.27. The Labute approximate surface area is 98.8 Å². The summed E-state index contributed by atoms with van der Waals surface area (Å²) in [6, 6.07) is 8.16. The molecule has 1 rings (SSSR count). The Hall–Kier alpha value is -1.02. The quantitative estimate of drug-likeness (QED) is 0.797. The van der Waals surface area contributed by atoms with Crippen LogP contribution in [0.15, 0.2) is 24.3 Å². The summed E-state index contributed by atoms with van der Waals surface area (Å²) in [5, 5.41) is 0. The Bertz CT molecular complexity index is 309. The van der Waals surface area contributed by atoms with Gasteiger partial charge in [0.1, 0.15) is 5.75 Å². The standard InChI is InChI=1S/C14H23NO/c1-4-16-14-8-6-5-7-12(14)13(15)10-9-11(2)3/h5-8,11,13H,4,9-10,15H2,1-3H3/t13-/m0/s1. The molecule has 1 atom stereocenters. The van der Waals surface area contributed by atoms with Gasteiger partial charge in [-0.1, -0.05) is 32.0 Å². The topological polar surface area (TPSA) is 35.2 Å². The molecule has 2 N–H and O–H groups in total. The van der Waals surface area contributed by atoms with Crippen molar-refractivity contribution in [3.63, 3.8) is 0 Å². The summed E-state index contributed by atoms with van der Waals surface area (Å²) in [6.45, 7) is 7.13. The van der Waals surface area contributed by atoms with Crippen LogP contribution in [0.1, 0.15) is 45.2 Å². The van der Waals surface area contributed by atoms with Crippen LogP contribution in [0, 0.1) is 5.92 Å². The highest BCUT2D eigenvalue weighted by Gasteiger charge is 2.11. The first-order chi connectivity index (χ1) is 7.65. The SMILES string of the molecule is CCOc1ccccc1[C@@H](N)CCC(C)C. The van der Waals surface area contributed by atoms with Crippen molar-refractivity contribution in [2.75, 3.05) is 6.61 Å². The van der Waals surface area contributed by atoms with Gasteiger partial charge in [-0.25, -0.2) is 0 Å². The van der Waals surface area contributed by atoms with Crippen LogP contribution in [0.5, 0.6) is 5.75 Å². The van der Waals surface area contributed by atoms with Gasteiger partial charge in [0.25, 0.3) is 0 Å². The molecule has 0 spiro atoms. The molecule has 0 fully saturated rings. The minimum atomic E-state index is 0.0881. The van der Waals surface area contributed by atoms with E-state index in [2.05, 4.69) is 19.9 Å². The van der Waals surface area contributed by atoms with E-state index in [0.717, 1.165) is 24.2 Å². The first-order valence-electron chi connectivity index (χ1n) is 6.12. The largest absolute Gasteiger partial charge is 0.494 e. The summed E-state index contributed by atoms with van der Waals surface area (Å²) in [4.78, 5) is 0. The Kier molecular flexibility index (Phi) is 5.33. The Balaban J connectivity index is 2.69. The Morgan fingerprint density at radius 1 is 1.19 bits per heavy atom. The van der Waals surface area contributed by atoms with E-state index in [0.29, 0.717) is 12.5 Å². The average Bonchev–Trinajstić information content (AvgIpc) is 2.27. The third-order valence-electron chi connectivity index (χ3n) is 2.67. The molecule has 0 saturated carbocycles. The van der Waals surface area contributed by atoms with Crippen LogP contribution in [0.3, 0.4) is 0 Å². The van der Waals surface area contributed by atoms with E-state index in [1.54, 1.807) is 0 Å². The van der Waals surface area contributed by atoms with E-state index in [9.17, 15) is 0 Å². The van der Waals surface area contributed by atoms with Crippen molar-refractivity contribution < 1.29 is 4.74 Å². The zero-order valence-corrected chi connectivity index (χ0v) is 10.6. The van der Waals surface area contributed by atoms with E-state index >= 15 is 0 Å². The first-order valence-corrected chi connectivity index (χ1v) is 6.12. The lowest BCUT2D eigenvalue weighted by Crippen LogP contribution is -2.13. The number of hydrogen-bond donors (Lipinski definition) is 1. The monoisotopic (exact) mass is 221 g/mol. The third-order valence-corrected chi connectivity index (χ3v) is 2.67. The summed E-state index contributed by atoms with van der Waals surface area (Å²) in [5.74, 6) is 1.63. The maximum Gasteiger partial charge on any atom is 0.124 e. The number of nitrogens with two attached hydrogens (primary N) is 1. The van der Waals surface area contributed by atoms with Gasteiger partial charge in [0.15, 0.2) is 0 Å². The molecule has 0 aliphatic rings. The van der Waals surface area contributed by atoms with Crippen LogP contribution in [-0.4, -0.2) is 6.61 Å². The molecule has 16 heavy (non-hydrogen) atoms. The molecule has 0 aromatic heterocycles. The van der Waals surface area contributed by atoms with Gasteiger partial charge in [-0.2, -0.15) is 0 Å². The number of ether oxygens (including phenoxy) is 1.